The molecule has 0 aliphatic carbocycles. The number of likely N-dealkylation sites (tertiary alicyclic amines) is 1. The van der Waals surface area contributed by atoms with Gasteiger partial charge < -0.3 is 14.5 Å². The van der Waals surface area contributed by atoms with Crippen molar-refractivity contribution >= 4 is 22.8 Å². The van der Waals surface area contributed by atoms with E-state index < -0.39 is 11.5 Å². The molecule has 8 nitrogen and oxygen atoms in total. The van der Waals surface area contributed by atoms with Crippen molar-refractivity contribution in [3.8, 4) is 0 Å². The molecule has 0 bridgehead atoms. The van der Waals surface area contributed by atoms with Gasteiger partial charge in [-0.3, -0.25) is 9.48 Å². The molecular weight excluding hydrogens is 324 g/mol. The number of piperidine rings is 1. The highest BCUT2D eigenvalue weighted by Crippen LogP contribution is 2.31. The number of hydrogen-bond acceptors (Lipinski definition) is 5. The van der Waals surface area contributed by atoms with Crippen molar-refractivity contribution in [3.05, 3.63) is 48.5 Å². The van der Waals surface area contributed by atoms with Crippen LogP contribution in [0.1, 0.15) is 23.4 Å². The Morgan fingerprint density at radius 2 is 1.92 bits per heavy atom. The first-order valence-corrected chi connectivity index (χ1v) is 7.99. The third-order valence-electron chi connectivity index (χ3n) is 4.80. The van der Waals surface area contributed by atoms with E-state index in [1.165, 1.54) is 4.68 Å². The number of carboxylic acids is 1. The number of carbonyl (C=O) groups excluding carboxylic acids is 1. The van der Waals surface area contributed by atoms with Crippen LogP contribution in [0, 0.1) is 0 Å². The molecule has 3 aromatic rings. The largest absolute Gasteiger partial charge is 0.479 e. The lowest BCUT2D eigenvalue weighted by Crippen LogP contribution is -2.52. The molecule has 25 heavy (non-hydrogen) atoms. The van der Waals surface area contributed by atoms with Crippen LogP contribution in [-0.2, 0) is 10.3 Å². The first-order chi connectivity index (χ1) is 12.1. The van der Waals surface area contributed by atoms with E-state index in [4.69, 9.17) is 4.52 Å². The average Bonchev–Trinajstić information content (AvgIpc) is 3.31. The van der Waals surface area contributed by atoms with E-state index in [9.17, 15) is 14.7 Å². The van der Waals surface area contributed by atoms with Gasteiger partial charge in [0.15, 0.2) is 5.54 Å². The number of rotatable bonds is 3. The molecule has 4 rings (SSSR count). The van der Waals surface area contributed by atoms with E-state index in [1.807, 2.05) is 12.1 Å². The van der Waals surface area contributed by atoms with Crippen molar-refractivity contribution in [2.75, 3.05) is 13.1 Å². The van der Waals surface area contributed by atoms with Crippen molar-refractivity contribution in [1.82, 2.24) is 19.8 Å². The van der Waals surface area contributed by atoms with Gasteiger partial charge in [-0.1, -0.05) is 17.3 Å². The number of fused-ring (bicyclic) bond motifs is 1. The summed E-state index contributed by atoms with van der Waals surface area (Å²) in [7, 11) is 0. The maximum absolute atomic E-state index is 12.8. The second-order valence-corrected chi connectivity index (χ2v) is 6.11. The number of carboxylic acid groups (broad SMARTS) is 1. The van der Waals surface area contributed by atoms with Crippen LogP contribution < -0.4 is 0 Å². The zero-order valence-corrected chi connectivity index (χ0v) is 13.3. The fraction of sp³-hybridized carbons (Fsp3) is 0.294. The Hall–Kier alpha value is -3.16. The summed E-state index contributed by atoms with van der Waals surface area (Å²) in [5.74, 6) is -1.01. The maximum atomic E-state index is 12.8. The lowest BCUT2D eigenvalue weighted by Gasteiger charge is -2.38. The van der Waals surface area contributed by atoms with E-state index in [-0.39, 0.29) is 24.5 Å². The molecule has 0 saturated carbocycles. The minimum Gasteiger partial charge on any atom is -0.479 e. The van der Waals surface area contributed by atoms with E-state index in [0.717, 1.165) is 0 Å². The van der Waals surface area contributed by atoms with Crippen LogP contribution in [0.5, 0.6) is 0 Å². The summed E-state index contributed by atoms with van der Waals surface area (Å²) in [6.07, 6.45) is 3.77. The molecule has 3 heterocycles. The van der Waals surface area contributed by atoms with Gasteiger partial charge in [0.25, 0.3) is 5.91 Å². The molecule has 8 heteroatoms. The quantitative estimate of drug-likeness (QED) is 0.779. The first kappa shape index (κ1) is 15.4. The van der Waals surface area contributed by atoms with Crippen LogP contribution in [0.3, 0.4) is 0 Å². The second-order valence-electron chi connectivity index (χ2n) is 6.11. The van der Waals surface area contributed by atoms with Gasteiger partial charge in [-0.05, 0) is 18.2 Å². The van der Waals surface area contributed by atoms with Crippen LogP contribution in [0.15, 0.2) is 47.2 Å². The Kier molecular flexibility index (Phi) is 3.52. The molecule has 0 spiro atoms. The van der Waals surface area contributed by atoms with Gasteiger partial charge in [0, 0.05) is 38.3 Å². The fourth-order valence-corrected chi connectivity index (χ4v) is 3.33. The van der Waals surface area contributed by atoms with Crippen LogP contribution in [0.25, 0.3) is 10.9 Å². The minimum absolute atomic E-state index is 0.192. The summed E-state index contributed by atoms with van der Waals surface area (Å²) in [5.41, 5.74) is -0.497. The molecule has 1 saturated heterocycles. The minimum atomic E-state index is -1.12. The van der Waals surface area contributed by atoms with Gasteiger partial charge in [-0.25, -0.2) is 4.79 Å². The molecule has 2 aromatic heterocycles. The Labute approximate surface area is 142 Å². The molecule has 0 unspecified atom stereocenters. The fourth-order valence-electron chi connectivity index (χ4n) is 3.33. The van der Waals surface area contributed by atoms with Crippen molar-refractivity contribution in [1.29, 1.82) is 0 Å². The number of carbonyl (C=O) groups is 2. The summed E-state index contributed by atoms with van der Waals surface area (Å²) < 4.78 is 6.70. The number of hydrogen-bond donors (Lipinski definition) is 1. The van der Waals surface area contributed by atoms with Crippen molar-refractivity contribution in [2.24, 2.45) is 0 Å². The average molecular weight is 340 g/mol. The Morgan fingerprint density at radius 3 is 2.60 bits per heavy atom. The molecule has 1 fully saturated rings. The smallest absolute Gasteiger partial charge is 0.331 e. The molecule has 1 N–H and O–H groups in total. The highest BCUT2D eigenvalue weighted by Gasteiger charge is 2.45. The lowest BCUT2D eigenvalue weighted by atomic mass is 9.87. The number of nitrogens with zero attached hydrogens (tertiary/aromatic N) is 4. The van der Waals surface area contributed by atoms with Crippen LogP contribution in [-0.4, -0.2) is 49.9 Å². The van der Waals surface area contributed by atoms with Gasteiger partial charge in [-0.2, -0.15) is 5.10 Å². The van der Waals surface area contributed by atoms with Gasteiger partial charge in [-0.15, -0.1) is 0 Å². The van der Waals surface area contributed by atoms with Crippen LogP contribution in [0.2, 0.25) is 0 Å². The zero-order valence-electron chi connectivity index (χ0n) is 13.3. The molecule has 0 atom stereocenters. The molecule has 1 amide bonds. The molecular formula is C17H16N4O4. The Balaban J connectivity index is 1.57. The predicted octanol–water partition coefficient (Wildman–Crippen LogP) is 1.74. The van der Waals surface area contributed by atoms with Crippen molar-refractivity contribution in [3.63, 3.8) is 0 Å². The van der Waals surface area contributed by atoms with Gasteiger partial charge in [0.2, 0.25) is 5.76 Å². The summed E-state index contributed by atoms with van der Waals surface area (Å²) in [6, 6.07) is 8.90. The molecule has 1 aliphatic heterocycles. The normalized spacial score (nSPS) is 16.9. The number of benzene rings is 1. The predicted molar refractivity (Wildman–Crippen MR) is 87.0 cm³/mol. The van der Waals surface area contributed by atoms with Gasteiger partial charge >= 0.3 is 5.97 Å². The Bertz CT molecular complexity index is 923. The first-order valence-electron chi connectivity index (χ1n) is 7.99. The Morgan fingerprint density at radius 1 is 1.16 bits per heavy atom. The third kappa shape index (κ3) is 2.37. The molecule has 1 aliphatic rings. The van der Waals surface area contributed by atoms with Crippen molar-refractivity contribution in [2.45, 2.75) is 18.4 Å². The van der Waals surface area contributed by atoms with Crippen LogP contribution in [0.4, 0.5) is 0 Å². The SMILES string of the molecule is O=C(c1onc2ccccc12)N1CCC(C(=O)O)(n2cccn2)CC1. The summed E-state index contributed by atoms with van der Waals surface area (Å²) >= 11 is 0. The van der Waals surface area contributed by atoms with E-state index in [1.54, 1.807) is 35.5 Å². The van der Waals surface area contributed by atoms with E-state index >= 15 is 0 Å². The number of amides is 1. The van der Waals surface area contributed by atoms with Gasteiger partial charge in [0.05, 0.1) is 5.39 Å². The molecule has 0 radical (unpaired) electrons. The maximum Gasteiger partial charge on any atom is 0.331 e. The second kappa shape index (κ2) is 5.73. The molecule has 1 aromatic carbocycles. The number of aromatic nitrogens is 3. The van der Waals surface area contributed by atoms with Gasteiger partial charge in [0.1, 0.15) is 5.52 Å². The zero-order chi connectivity index (χ0) is 17.4. The molecule has 128 valence electrons. The van der Waals surface area contributed by atoms with Crippen molar-refractivity contribution < 1.29 is 19.2 Å². The summed E-state index contributed by atoms with van der Waals surface area (Å²) in [6.45, 7) is 0.611. The number of aliphatic carboxylic acids is 1. The highest BCUT2D eigenvalue weighted by molar-refractivity contribution is 6.03. The monoisotopic (exact) mass is 340 g/mol. The summed E-state index contributed by atoms with van der Waals surface area (Å²) in [4.78, 5) is 26.2. The van der Waals surface area contributed by atoms with Crippen LogP contribution >= 0.6 is 0 Å². The van der Waals surface area contributed by atoms with E-state index in [0.29, 0.717) is 24.0 Å². The topological polar surface area (TPSA) is 101 Å². The lowest BCUT2D eigenvalue weighted by molar-refractivity contribution is -0.150. The summed E-state index contributed by atoms with van der Waals surface area (Å²) in [5, 5.41) is 18.4. The third-order valence-corrected chi connectivity index (χ3v) is 4.80. The highest BCUT2D eigenvalue weighted by atomic mass is 16.5. The standard InChI is InChI=1S/C17H16N4O4/c22-15(14-12-4-1-2-5-13(12)19-25-14)20-10-6-17(7-11-20,16(23)24)21-9-3-8-18-21/h1-5,8-9H,6-7,10-11H2,(H,23,24). The van der Waals surface area contributed by atoms with E-state index in [2.05, 4.69) is 10.3 Å².